The monoisotopic (exact) mass is 265 g/mol. The number of amides is 1. The molecule has 0 spiro atoms. The van der Waals surface area contributed by atoms with Gasteiger partial charge in [-0.25, -0.2) is 0 Å². The minimum atomic E-state index is -0.847. The first-order chi connectivity index (χ1) is 9.18. The summed E-state index contributed by atoms with van der Waals surface area (Å²) >= 11 is 0. The van der Waals surface area contributed by atoms with E-state index < -0.39 is 5.97 Å². The number of aliphatic carboxylic acids is 1. The molecule has 0 aliphatic carbocycles. The summed E-state index contributed by atoms with van der Waals surface area (Å²) in [5, 5.41) is 11.1. The van der Waals surface area contributed by atoms with E-state index in [0.717, 1.165) is 5.56 Å². The van der Waals surface area contributed by atoms with Crippen molar-refractivity contribution in [2.75, 3.05) is 13.2 Å². The SMILES string of the molecule is O=C(O)CCCNC(=O)CCOCc1ccccc1. The van der Waals surface area contributed by atoms with Crippen LogP contribution >= 0.6 is 0 Å². The van der Waals surface area contributed by atoms with Crippen molar-refractivity contribution in [3.63, 3.8) is 0 Å². The average Bonchev–Trinajstić information content (AvgIpc) is 2.41. The summed E-state index contributed by atoms with van der Waals surface area (Å²) in [5.41, 5.74) is 1.07. The molecule has 0 aromatic heterocycles. The number of hydrogen-bond acceptors (Lipinski definition) is 3. The molecule has 0 heterocycles. The molecule has 1 aromatic carbocycles. The van der Waals surface area contributed by atoms with Crippen molar-refractivity contribution in [3.8, 4) is 0 Å². The Hall–Kier alpha value is -1.88. The highest BCUT2D eigenvalue weighted by Crippen LogP contribution is 2.00. The highest BCUT2D eigenvalue weighted by atomic mass is 16.5. The number of carboxylic acids is 1. The van der Waals surface area contributed by atoms with E-state index in [9.17, 15) is 9.59 Å². The Labute approximate surface area is 112 Å². The molecule has 5 heteroatoms. The molecular formula is C14H19NO4. The van der Waals surface area contributed by atoms with Crippen LogP contribution in [0.25, 0.3) is 0 Å². The molecule has 1 aromatic rings. The molecule has 0 aliphatic heterocycles. The Morgan fingerprint density at radius 2 is 1.89 bits per heavy atom. The van der Waals surface area contributed by atoms with Crippen LogP contribution in [0.2, 0.25) is 0 Å². The van der Waals surface area contributed by atoms with Crippen LogP contribution in [0.3, 0.4) is 0 Å². The smallest absolute Gasteiger partial charge is 0.303 e. The standard InChI is InChI=1S/C14H19NO4/c16-13(15-9-4-7-14(17)18)8-10-19-11-12-5-2-1-3-6-12/h1-3,5-6H,4,7-11H2,(H,15,16)(H,17,18). The molecular weight excluding hydrogens is 246 g/mol. The lowest BCUT2D eigenvalue weighted by Gasteiger charge is -2.05. The number of nitrogens with one attached hydrogen (secondary N) is 1. The maximum atomic E-state index is 11.4. The van der Waals surface area contributed by atoms with Crippen molar-refractivity contribution in [1.82, 2.24) is 5.32 Å². The van der Waals surface area contributed by atoms with Gasteiger partial charge < -0.3 is 15.2 Å². The summed E-state index contributed by atoms with van der Waals surface area (Å²) in [6.07, 6.45) is 0.816. The largest absolute Gasteiger partial charge is 0.481 e. The molecule has 0 radical (unpaired) electrons. The quantitative estimate of drug-likeness (QED) is 0.665. The Morgan fingerprint density at radius 1 is 1.16 bits per heavy atom. The highest BCUT2D eigenvalue weighted by molar-refractivity contribution is 5.76. The van der Waals surface area contributed by atoms with Gasteiger partial charge in [-0.1, -0.05) is 30.3 Å². The second kappa shape index (κ2) is 9.10. The van der Waals surface area contributed by atoms with Gasteiger partial charge in [-0.2, -0.15) is 0 Å². The summed E-state index contributed by atoms with van der Waals surface area (Å²) in [5.74, 6) is -0.959. The van der Waals surface area contributed by atoms with Crippen molar-refractivity contribution in [1.29, 1.82) is 0 Å². The Kier molecular flexibility index (Phi) is 7.27. The van der Waals surface area contributed by atoms with Crippen molar-refractivity contribution in [3.05, 3.63) is 35.9 Å². The van der Waals surface area contributed by atoms with Crippen LogP contribution in [0.4, 0.5) is 0 Å². The van der Waals surface area contributed by atoms with Gasteiger partial charge in [-0.3, -0.25) is 9.59 Å². The van der Waals surface area contributed by atoms with E-state index in [4.69, 9.17) is 9.84 Å². The summed E-state index contributed by atoms with van der Waals surface area (Å²) in [6.45, 7) is 1.25. The van der Waals surface area contributed by atoms with Crippen molar-refractivity contribution < 1.29 is 19.4 Å². The molecule has 5 nitrogen and oxygen atoms in total. The third-order valence-electron chi connectivity index (χ3n) is 2.47. The normalized spacial score (nSPS) is 10.1. The van der Waals surface area contributed by atoms with E-state index in [0.29, 0.717) is 32.6 Å². The minimum absolute atomic E-state index is 0.0742. The van der Waals surface area contributed by atoms with Crippen molar-refractivity contribution >= 4 is 11.9 Å². The lowest BCUT2D eigenvalue weighted by Crippen LogP contribution is -2.25. The van der Waals surface area contributed by atoms with Crippen molar-refractivity contribution in [2.24, 2.45) is 0 Å². The molecule has 19 heavy (non-hydrogen) atoms. The highest BCUT2D eigenvalue weighted by Gasteiger charge is 2.02. The summed E-state index contributed by atoms with van der Waals surface area (Å²) in [4.78, 5) is 21.6. The van der Waals surface area contributed by atoms with Crippen LogP contribution in [0.15, 0.2) is 30.3 Å². The van der Waals surface area contributed by atoms with Gasteiger partial charge in [-0.15, -0.1) is 0 Å². The van der Waals surface area contributed by atoms with Crippen LogP contribution in [0.1, 0.15) is 24.8 Å². The molecule has 0 bridgehead atoms. The zero-order valence-electron chi connectivity index (χ0n) is 10.8. The van der Waals surface area contributed by atoms with E-state index in [-0.39, 0.29) is 12.3 Å². The molecule has 0 unspecified atom stereocenters. The lowest BCUT2D eigenvalue weighted by atomic mass is 10.2. The molecule has 1 rings (SSSR count). The van der Waals surface area contributed by atoms with Gasteiger partial charge in [-0.05, 0) is 12.0 Å². The van der Waals surface area contributed by atoms with Crippen molar-refractivity contribution in [2.45, 2.75) is 25.9 Å². The van der Waals surface area contributed by atoms with Crippen LogP contribution in [-0.4, -0.2) is 30.1 Å². The predicted octanol–water partition coefficient (Wildman–Crippen LogP) is 1.57. The molecule has 0 saturated carbocycles. The summed E-state index contributed by atoms with van der Waals surface area (Å²) in [6, 6.07) is 9.74. The van der Waals surface area contributed by atoms with Gasteiger partial charge in [0, 0.05) is 19.4 Å². The van der Waals surface area contributed by atoms with Gasteiger partial charge >= 0.3 is 5.97 Å². The van der Waals surface area contributed by atoms with Crippen LogP contribution in [0.5, 0.6) is 0 Å². The molecule has 0 aliphatic rings. The van der Waals surface area contributed by atoms with Gasteiger partial charge in [0.1, 0.15) is 0 Å². The van der Waals surface area contributed by atoms with Crippen LogP contribution < -0.4 is 5.32 Å². The Bertz CT molecular complexity index is 392. The fourth-order valence-corrected chi connectivity index (χ4v) is 1.48. The maximum Gasteiger partial charge on any atom is 0.303 e. The zero-order valence-corrected chi connectivity index (χ0v) is 10.8. The lowest BCUT2D eigenvalue weighted by molar-refractivity contribution is -0.137. The molecule has 0 saturated heterocycles. The van der Waals surface area contributed by atoms with E-state index in [1.807, 2.05) is 30.3 Å². The molecule has 1 amide bonds. The fraction of sp³-hybridized carbons (Fsp3) is 0.429. The molecule has 0 fully saturated rings. The maximum absolute atomic E-state index is 11.4. The van der Waals surface area contributed by atoms with E-state index in [1.54, 1.807) is 0 Å². The topological polar surface area (TPSA) is 75.6 Å². The van der Waals surface area contributed by atoms with Gasteiger partial charge in [0.15, 0.2) is 0 Å². The molecule has 0 atom stereocenters. The third kappa shape index (κ3) is 7.94. The zero-order chi connectivity index (χ0) is 13.9. The summed E-state index contributed by atoms with van der Waals surface area (Å²) < 4.78 is 5.38. The number of hydrogen-bond donors (Lipinski definition) is 2. The first-order valence-electron chi connectivity index (χ1n) is 6.28. The van der Waals surface area contributed by atoms with E-state index >= 15 is 0 Å². The van der Waals surface area contributed by atoms with E-state index in [2.05, 4.69) is 5.32 Å². The van der Waals surface area contributed by atoms with Gasteiger partial charge in [0.2, 0.25) is 5.91 Å². The molecule has 2 N–H and O–H groups in total. The number of carbonyl (C=O) groups is 2. The second-order valence-corrected chi connectivity index (χ2v) is 4.14. The first-order valence-corrected chi connectivity index (χ1v) is 6.28. The summed E-state index contributed by atoms with van der Waals surface area (Å²) in [7, 11) is 0. The number of rotatable bonds is 9. The van der Waals surface area contributed by atoms with Crippen LogP contribution in [-0.2, 0) is 20.9 Å². The third-order valence-corrected chi connectivity index (χ3v) is 2.47. The second-order valence-electron chi connectivity index (χ2n) is 4.14. The number of carboxylic acid groups (broad SMARTS) is 1. The number of benzene rings is 1. The fourth-order valence-electron chi connectivity index (χ4n) is 1.48. The minimum Gasteiger partial charge on any atom is -0.481 e. The molecule has 104 valence electrons. The average molecular weight is 265 g/mol. The van der Waals surface area contributed by atoms with E-state index in [1.165, 1.54) is 0 Å². The first kappa shape index (κ1) is 15.2. The van der Waals surface area contributed by atoms with Gasteiger partial charge in [0.25, 0.3) is 0 Å². The van der Waals surface area contributed by atoms with Crippen LogP contribution in [0, 0.1) is 0 Å². The van der Waals surface area contributed by atoms with Gasteiger partial charge in [0.05, 0.1) is 13.2 Å². The Balaban J connectivity index is 2.00. The predicted molar refractivity (Wildman–Crippen MR) is 70.6 cm³/mol. The number of ether oxygens (including phenoxy) is 1. The Morgan fingerprint density at radius 3 is 2.58 bits per heavy atom. The number of carbonyl (C=O) groups excluding carboxylic acids is 1.